The topological polar surface area (TPSA) is 231 Å². The van der Waals surface area contributed by atoms with Crippen molar-refractivity contribution >= 4 is 76.9 Å². The number of unbranched alkanes of at least 4 members (excludes halogenated alkanes) is 5. The molecule has 6 rings (SSSR count). The molecule has 4 fully saturated rings. The summed E-state index contributed by atoms with van der Waals surface area (Å²) in [5.74, 6) is -2.92. The van der Waals surface area contributed by atoms with Crippen molar-refractivity contribution in [3.63, 3.8) is 0 Å². The van der Waals surface area contributed by atoms with Crippen LogP contribution in [0.2, 0.25) is 5.02 Å². The van der Waals surface area contributed by atoms with Crippen molar-refractivity contribution in [2.45, 2.75) is 177 Å². The number of thioether (sulfide) groups is 1. The Morgan fingerprint density at radius 2 is 1.70 bits per heavy atom. The van der Waals surface area contributed by atoms with Gasteiger partial charge in [0.1, 0.15) is 47.0 Å². The van der Waals surface area contributed by atoms with E-state index in [-0.39, 0.29) is 60.3 Å². The first kappa shape index (κ1) is 61.2. The van der Waals surface area contributed by atoms with Gasteiger partial charge in [-0.3, -0.25) is 34.2 Å². The number of hydrogen-bond acceptors (Lipinski definition) is 15. The summed E-state index contributed by atoms with van der Waals surface area (Å²) in [5.41, 5.74) is -1.15. The maximum atomic E-state index is 14.4. The second kappa shape index (κ2) is 25.8. The molecule has 2 N–H and O–H groups in total. The average molecular weight is 1110 g/mol. The van der Waals surface area contributed by atoms with Crippen LogP contribution in [0, 0.1) is 17.8 Å². The van der Waals surface area contributed by atoms with Crippen LogP contribution in [-0.2, 0) is 58.9 Å². The first-order valence-electron chi connectivity index (χ1n) is 26.9. The minimum absolute atomic E-state index is 0.0149. The Kier molecular flexibility index (Phi) is 20.5. The van der Waals surface area contributed by atoms with Crippen molar-refractivity contribution < 1.29 is 67.1 Å². The number of aldehydes is 1. The van der Waals surface area contributed by atoms with Gasteiger partial charge in [0.05, 0.1) is 36.5 Å². The smallest absolute Gasteiger partial charge is 0.409 e. The van der Waals surface area contributed by atoms with Gasteiger partial charge in [-0.25, -0.2) is 9.59 Å². The molecular weight excluding hydrogens is 1030 g/mol. The number of alkyl carbamates (subject to hydrolysis) is 1. The number of rotatable bonds is 20. The third kappa shape index (κ3) is 14.6. The Labute approximate surface area is 462 Å². The van der Waals surface area contributed by atoms with E-state index in [4.69, 9.17) is 35.3 Å². The van der Waals surface area contributed by atoms with Crippen molar-refractivity contribution in [2.24, 2.45) is 17.8 Å². The Bertz CT molecular complexity index is 2460. The SMILES string of the molecule is COc1cc2cc(c1Cl)N(C)C(=O)C[C@H](OC(=O)[C@H](C)N(C)C(=O)CCC(C)(C)SC1C(=O)N(CCCCCCCCN3C(=O)CC(C)C3=O)CC1C=O)[C@]1(C)O[C@H]1[C@H](C)[C@@H]1C[C@@](O)(NC(=O)O1)[C@H](OC)/C=C/C=C(\C)C2. The van der Waals surface area contributed by atoms with Crippen molar-refractivity contribution in [3.8, 4) is 5.75 Å². The second-order valence-electron chi connectivity index (χ2n) is 22.4. The Morgan fingerprint density at radius 1 is 1.03 bits per heavy atom. The van der Waals surface area contributed by atoms with Gasteiger partial charge in [-0.2, -0.15) is 0 Å². The first-order valence-corrected chi connectivity index (χ1v) is 28.1. The van der Waals surface area contributed by atoms with E-state index in [2.05, 4.69) is 5.32 Å². The number of carbonyl (C=O) groups excluding carboxylic acids is 8. The van der Waals surface area contributed by atoms with Gasteiger partial charge in [-0.05, 0) is 64.2 Å². The number of methoxy groups -OCH3 is 2. The zero-order valence-corrected chi connectivity index (χ0v) is 48.2. The molecule has 5 aliphatic heterocycles. The fraction of sp³-hybridized carbons (Fsp3) is 0.679. The van der Waals surface area contributed by atoms with Gasteiger partial charge >= 0.3 is 12.1 Å². The molecule has 0 radical (unpaired) electrons. The van der Waals surface area contributed by atoms with Gasteiger partial charge in [0.25, 0.3) is 0 Å². The van der Waals surface area contributed by atoms with E-state index < -0.39 is 81.6 Å². The van der Waals surface area contributed by atoms with Crippen LogP contribution in [0.5, 0.6) is 5.75 Å². The predicted octanol–water partition coefficient (Wildman–Crippen LogP) is 6.57. The summed E-state index contributed by atoms with van der Waals surface area (Å²) >= 11 is 8.22. The second-order valence-corrected chi connectivity index (χ2v) is 24.6. The zero-order valence-electron chi connectivity index (χ0n) is 46.6. The molecule has 21 heteroatoms. The lowest BCUT2D eigenvalue weighted by molar-refractivity contribution is -0.162. The number of carbonyl (C=O) groups is 8. The van der Waals surface area contributed by atoms with Gasteiger partial charge in [0.15, 0.2) is 5.72 Å². The molecule has 6 amide bonds. The summed E-state index contributed by atoms with van der Waals surface area (Å²) < 4.78 is 29.0. The van der Waals surface area contributed by atoms with E-state index in [1.165, 1.54) is 54.7 Å². The summed E-state index contributed by atoms with van der Waals surface area (Å²) in [6.07, 6.45) is 7.19. The number of imide groups is 1. The zero-order chi connectivity index (χ0) is 56.7. The average Bonchev–Trinajstić information content (AvgIpc) is 3.91. The number of allylic oxidation sites excluding steroid dienone is 3. The molecule has 3 unspecified atom stereocenters. The molecule has 77 heavy (non-hydrogen) atoms. The number of benzene rings is 1. The lowest BCUT2D eigenvalue weighted by atomic mass is 9.83. The summed E-state index contributed by atoms with van der Waals surface area (Å²) in [6, 6.07) is 2.44. The fourth-order valence-corrected chi connectivity index (χ4v) is 12.6. The van der Waals surface area contributed by atoms with E-state index >= 15 is 0 Å². The quantitative estimate of drug-likeness (QED) is 0.0463. The number of nitrogens with zero attached hydrogens (tertiary/aromatic N) is 4. The number of nitrogens with one attached hydrogen (secondary N) is 1. The summed E-state index contributed by atoms with van der Waals surface area (Å²) in [6.45, 7) is 13.9. The molecule has 5 heterocycles. The highest BCUT2D eigenvalue weighted by Gasteiger charge is 2.64. The number of likely N-dealkylation sites (N-methyl/N-ethyl adjacent to an activating group) is 1. The van der Waals surface area contributed by atoms with E-state index in [0.717, 1.165) is 55.9 Å². The molecule has 4 bridgehead atoms. The number of amides is 6. The lowest BCUT2D eigenvalue weighted by Crippen LogP contribution is -2.63. The van der Waals surface area contributed by atoms with E-state index in [1.54, 1.807) is 57.0 Å². The van der Waals surface area contributed by atoms with Gasteiger partial charge in [0.2, 0.25) is 29.5 Å². The highest BCUT2D eigenvalue weighted by Crippen LogP contribution is 2.49. The van der Waals surface area contributed by atoms with Crippen LogP contribution >= 0.6 is 23.4 Å². The normalized spacial score (nSPS) is 30.5. The number of halogens is 1. The molecule has 4 saturated heterocycles. The van der Waals surface area contributed by atoms with Crippen LogP contribution in [0.4, 0.5) is 10.5 Å². The van der Waals surface area contributed by atoms with Crippen molar-refractivity contribution in [3.05, 3.63) is 46.5 Å². The van der Waals surface area contributed by atoms with Crippen LogP contribution < -0.4 is 15.0 Å². The van der Waals surface area contributed by atoms with Crippen LogP contribution in [0.25, 0.3) is 0 Å². The molecule has 5 aliphatic rings. The summed E-state index contributed by atoms with van der Waals surface area (Å²) in [7, 11) is 5.95. The highest BCUT2D eigenvalue weighted by atomic mass is 35.5. The minimum atomic E-state index is -1.88. The first-order chi connectivity index (χ1) is 36.3. The number of esters is 1. The molecule has 0 aliphatic carbocycles. The predicted molar refractivity (Wildman–Crippen MR) is 290 cm³/mol. The molecular formula is C56H80ClN5O14S. The third-order valence-corrected chi connectivity index (χ3v) is 18.0. The maximum Gasteiger partial charge on any atom is 0.409 e. The van der Waals surface area contributed by atoms with E-state index in [0.29, 0.717) is 43.9 Å². The highest BCUT2D eigenvalue weighted by molar-refractivity contribution is 8.02. The summed E-state index contributed by atoms with van der Waals surface area (Å²) in [4.78, 5) is 112. The molecule has 0 saturated carbocycles. The van der Waals surface area contributed by atoms with Gasteiger partial charge < -0.3 is 48.3 Å². The molecule has 1 aromatic rings. The van der Waals surface area contributed by atoms with Gasteiger partial charge in [0, 0.05) is 76.7 Å². The van der Waals surface area contributed by atoms with Gasteiger partial charge in [-0.1, -0.05) is 88.8 Å². The lowest BCUT2D eigenvalue weighted by Gasteiger charge is -2.42. The summed E-state index contributed by atoms with van der Waals surface area (Å²) in [5, 5.41) is 14.0. The maximum absolute atomic E-state index is 14.4. The van der Waals surface area contributed by atoms with Crippen LogP contribution in [0.1, 0.15) is 125 Å². The molecule has 0 aromatic heterocycles. The monoisotopic (exact) mass is 1110 g/mol. The van der Waals surface area contributed by atoms with Crippen LogP contribution in [-0.4, -0.2) is 167 Å². The Morgan fingerprint density at radius 3 is 2.34 bits per heavy atom. The molecule has 19 nitrogen and oxygen atoms in total. The number of ether oxygens (including phenoxy) is 5. The Hall–Kier alpha value is -5.02. The Balaban J connectivity index is 1.08. The van der Waals surface area contributed by atoms with Crippen molar-refractivity contribution in [2.75, 3.05) is 52.8 Å². The number of epoxide rings is 1. The molecule has 426 valence electrons. The standard InChI is InChI=1S/C56H80ClN5O14S/c1-33-19-18-20-42(73-11)56(71)30-41(74-53(70)58-56)35(3)49-55(7,76-49)43(29-45(65)60(9)39-27-37(25-33)28-40(72-10)47(39)57)75-52(69)36(4)59(8)44(64)21-22-54(5,6)77-48-38(32-63)31-61(51(48)68)23-16-14-12-13-15-17-24-62-46(66)26-34(2)50(62)67/h18-20,27-28,32,34-36,38,41-43,48-49,71H,12-17,21-26,29-31H2,1-11H3,(H,58,70)/b20-18+,33-19+/t34?,35-,36+,38?,41+,42-,43+,48?,49+,55+,56+/m1/s1. The largest absolute Gasteiger partial charge is 0.495 e. The number of aliphatic hydroxyl groups is 1. The van der Waals surface area contributed by atoms with E-state index in [9.17, 15) is 43.5 Å². The van der Waals surface area contributed by atoms with Gasteiger partial charge in [-0.15, -0.1) is 11.8 Å². The number of anilines is 1. The molecule has 0 spiro atoms. The molecule has 11 atom stereocenters. The van der Waals surface area contributed by atoms with Crippen molar-refractivity contribution in [1.82, 2.24) is 20.0 Å². The molecule has 1 aromatic carbocycles. The third-order valence-electron chi connectivity index (χ3n) is 16.0. The number of hydrogen-bond donors (Lipinski definition) is 2. The number of fused-ring (bicyclic) bond motifs is 5. The van der Waals surface area contributed by atoms with Crippen LogP contribution in [0.3, 0.4) is 0 Å². The number of likely N-dealkylation sites (tertiary alicyclic amines) is 2. The minimum Gasteiger partial charge on any atom is -0.495 e. The van der Waals surface area contributed by atoms with Crippen LogP contribution in [0.15, 0.2) is 35.9 Å². The van der Waals surface area contributed by atoms with E-state index in [1.807, 2.05) is 26.8 Å². The fourth-order valence-electron chi connectivity index (χ4n) is 10.8. The van der Waals surface area contributed by atoms with Crippen molar-refractivity contribution in [1.29, 1.82) is 0 Å².